The highest BCUT2D eigenvalue weighted by atomic mass is 32.2. The molecule has 2 fully saturated rings. The number of piperidine rings is 1. The Morgan fingerprint density at radius 2 is 1.94 bits per heavy atom. The Labute approximate surface area is 107 Å². The van der Waals surface area contributed by atoms with Gasteiger partial charge in [0.1, 0.15) is 0 Å². The summed E-state index contributed by atoms with van der Waals surface area (Å²) in [5.41, 5.74) is 0. The van der Waals surface area contributed by atoms with Crippen molar-refractivity contribution < 1.29 is 0 Å². The molecule has 3 rings (SSSR count). The highest BCUT2D eigenvalue weighted by molar-refractivity contribution is 7.99. The van der Waals surface area contributed by atoms with Gasteiger partial charge in [-0.05, 0) is 37.9 Å². The second kappa shape index (κ2) is 4.88. The van der Waals surface area contributed by atoms with Crippen molar-refractivity contribution in [2.45, 2.75) is 50.2 Å². The van der Waals surface area contributed by atoms with E-state index in [-0.39, 0.29) is 0 Å². The fourth-order valence-electron chi connectivity index (χ4n) is 2.46. The zero-order chi connectivity index (χ0) is 11.7. The van der Waals surface area contributed by atoms with Gasteiger partial charge in [-0.1, -0.05) is 18.7 Å². The van der Waals surface area contributed by atoms with E-state index in [9.17, 15) is 0 Å². The summed E-state index contributed by atoms with van der Waals surface area (Å²) < 4.78 is 2.39. The summed E-state index contributed by atoms with van der Waals surface area (Å²) in [7, 11) is 0. The number of aromatic nitrogens is 3. The molecule has 0 bridgehead atoms. The number of hydrogen-bond acceptors (Lipinski definition) is 4. The fourth-order valence-corrected chi connectivity index (χ4v) is 3.19. The van der Waals surface area contributed by atoms with Gasteiger partial charge in [0.25, 0.3) is 0 Å². The molecule has 2 heterocycles. The molecule has 1 saturated carbocycles. The highest BCUT2D eigenvalue weighted by Crippen LogP contribution is 2.41. The Morgan fingerprint density at radius 1 is 1.18 bits per heavy atom. The number of rotatable bonds is 4. The second-order valence-corrected chi connectivity index (χ2v) is 6.10. The third kappa shape index (κ3) is 2.30. The van der Waals surface area contributed by atoms with Gasteiger partial charge in [-0.15, -0.1) is 10.2 Å². The van der Waals surface area contributed by atoms with Gasteiger partial charge in [0, 0.05) is 19.1 Å². The standard InChI is InChI=1S/C12H20N4S/c1-2-17-12-14-13-11(16(12)10-6-7-10)15-8-4-3-5-9-15/h10H,2-9H2,1H3. The van der Waals surface area contributed by atoms with Gasteiger partial charge in [0.15, 0.2) is 5.16 Å². The zero-order valence-electron chi connectivity index (χ0n) is 10.4. The molecule has 1 aliphatic heterocycles. The Balaban J connectivity index is 1.86. The predicted molar refractivity (Wildman–Crippen MR) is 70.8 cm³/mol. The van der Waals surface area contributed by atoms with Gasteiger partial charge in [-0.25, -0.2) is 0 Å². The summed E-state index contributed by atoms with van der Waals surface area (Å²) in [5.74, 6) is 2.20. The van der Waals surface area contributed by atoms with E-state index in [0.717, 1.165) is 29.9 Å². The maximum atomic E-state index is 4.44. The average Bonchev–Trinajstić information content (AvgIpc) is 3.12. The van der Waals surface area contributed by atoms with E-state index in [2.05, 4.69) is 26.6 Å². The smallest absolute Gasteiger partial charge is 0.228 e. The molecule has 94 valence electrons. The maximum absolute atomic E-state index is 4.44. The molecule has 4 nitrogen and oxygen atoms in total. The average molecular weight is 252 g/mol. The van der Waals surface area contributed by atoms with Gasteiger partial charge in [-0.2, -0.15) is 0 Å². The topological polar surface area (TPSA) is 34.0 Å². The first-order chi connectivity index (χ1) is 8.40. The summed E-state index contributed by atoms with van der Waals surface area (Å²) in [6.07, 6.45) is 6.57. The third-order valence-electron chi connectivity index (χ3n) is 3.47. The van der Waals surface area contributed by atoms with Crippen LogP contribution in [-0.4, -0.2) is 33.6 Å². The Morgan fingerprint density at radius 3 is 2.59 bits per heavy atom. The van der Waals surface area contributed by atoms with Gasteiger partial charge >= 0.3 is 0 Å². The van der Waals surface area contributed by atoms with Crippen LogP contribution in [0.5, 0.6) is 0 Å². The van der Waals surface area contributed by atoms with Gasteiger partial charge in [0.05, 0.1) is 0 Å². The zero-order valence-corrected chi connectivity index (χ0v) is 11.2. The molecule has 1 aromatic rings. The van der Waals surface area contributed by atoms with Gasteiger partial charge in [-0.3, -0.25) is 4.57 Å². The predicted octanol–water partition coefficient (Wildman–Crippen LogP) is 2.72. The van der Waals surface area contributed by atoms with E-state index < -0.39 is 0 Å². The molecule has 1 aromatic heterocycles. The molecule has 0 N–H and O–H groups in total. The van der Waals surface area contributed by atoms with Gasteiger partial charge < -0.3 is 4.90 Å². The normalized spacial score (nSPS) is 20.9. The molecule has 0 spiro atoms. The molecule has 2 aliphatic rings. The highest BCUT2D eigenvalue weighted by Gasteiger charge is 2.31. The molecule has 0 unspecified atom stereocenters. The number of thioether (sulfide) groups is 1. The minimum absolute atomic E-state index is 0.677. The van der Waals surface area contributed by atoms with Gasteiger partial charge in [0.2, 0.25) is 5.95 Å². The van der Waals surface area contributed by atoms with Crippen molar-refractivity contribution in [3.8, 4) is 0 Å². The lowest BCUT2D eigenvalue weighted by Gasteiger charge is -2.27. The van der Waals surface area contributed by atoms with E-state index in [1.54, 1.807) is 0 Å². The van der Waals surface area contributed by atoms with Crippen molar-refractivity contribution in [1.29, 1.82) is 0 Å². The summed E-state index contributed by atoms with van der Waals surface area (Å²) in [4.78, 5) is 2.43. The lowest BCUT2D eigenvalue weighted by atomic mass is 10.1. The van der Waals surface area contributed by atoms with Crippen molar-refractivity contribution >= 4 is 17.7 Å². The Bertz CT molecular complexity index is 380. The maximum Gasteiger partial charge on any atom is 0.228 e. The summed E-state index contributed by atoms with van der Waals surface area (Å²) in [6, 6.07) is 0.677. The molecule has 0 aromatic carbocycles. The van der Waals surface area contributed by atoms with Crippen LogP contribution in [0, 0.1) is 0 Å². The molecular formula is C12H20N4S. The molecule has 0 radical (unpaired) electrons. The fraction of sp³-hybridized carbons (Fsp3) is 0.833. The minimum Gasteiger partial charge on any atom is -0.341 e. The van der Waals surface area contributed by atoms with Crippen molar-refractivity contribution in [2.75, 3.05) is 23.7 Å². The van der Waals surface area contributed by atoms with Crippen molar-refractivity contribution in [3.63, 3.8) is 0 Å². The Hall–Kier alpha value is -0.710. The summed E-state index contributed by atoms with van der Waals surface area (Å²) in [5, 5.41) is 9.94. The third-order valence-corrected chi connectivity index (χ3v) is 4.30. The first kappa shape index (κ1) is 11.4. The van der Waals surface area contributed by atoms with Crippen LogP contribution in [0.4, 0.5) is 5.95 Å². The van der Waals surface area contributed by atoms with Crippen molar-refractivity contribution in [2.24, 2.45) is 0 Å². The quantitative estimate of drug-likeness (QED) is 0.772. The van der Waals surface area contributed by atoms with Crippen molar-refractivity contribution in [1.82, 2.24) is 14.8 Å². The minimum atomic E-state index is 0.677. The molecular weight excluding hydrogens is 232 g/mol. The van der Waals surface area contributed by atoms with Crippen LogP contribution >= 0.6 is 11.8 Å². The second-order valence-electron chi connectivity index (χ2n) is 4.86. The largest absolute Gasteiger partial charge is 0.341 e. The molecule has 0 atom stereocenters. The van der Waals surface area contributed by atoms with E-state index in [4.69, 9.17) is 0 Å². The van der Waals surface area contributed by atoms with Crippen LogP contribution in [0.3, 0.4) is 0 Å². The van der Waals surface area contributed by atoms with Crippen LogP contribution in [0.15, 0.2) is 5.16 Å². The van der Waals surface area contributed by atoms with Crippen LogP contribution in [0.25, 0.3) is 0 Å². The number of anilines is 1. The summed E-state index contributed by atoms with van der Waals surface area (Å²) >= 11 is 1.82. The molecule has 5 heteroatoms. The molecule has 0 amide bonds. The number of hydrogen-bond donors (Lipinski definition) is 0. The van der Waals surface area contributed by atoms with E-state index in [0.29, 0.717) is 6.04 Å². The van der Waals surface area contributed by atoms with E-state index in [1.807, 2.05) is 11.8 Å². The van der Waals surface area contributed by atoms with Crippen LogP contribution < -0.4 is 4.90 Å². The van der Waals surface area contributed by atoms with Crippen LogP contribution in [0.2, 0.25) is 0 Å². The van der Waals surface area contributed by atoms with E-state index >= 15 is 0 Å². The summed E-state index contributed by atoms with van der Waals surface area (Å²) in [6.45, 7) is 4.49. The molecule has 1 aliphatic carbocycles. The van der Waals surface area contributed by atoms with Crippen LogP contribution in [-0.2, 0) is 0 Å². The van der Waals surface area contributed by atoms with E-state index in [1.165, 1.54) is 32.1 Å². The number of nitrogens with zero attached hydrogens (tertiary/aromatic N) is 4. The first-order valence-electron chi connectivity index (χ1n) is 6.73. The van der Waals surface area contributed by atoms with Crippen LogP contribution in [0.1, 0.15) is 45.1 Å². The lowest BCUT2D eigenvalue weighted by molar-refractivity contribution is 0.548. The molecule has 17 heavy (non-hydrogen) atoms. The molecule has 1 saturated heterocycles. The first-order valence-corrected chi connectivity index (χ1v) is 7.71. The van der Waals surface area contributed by atoms with Crippen molar-refractivity contribution in [3.05, 3.63) is 0 Å². The SMILES string of the molecule is CCSc1nnc(N2CCCCC2)n1C1CC1. The monoisotopic (exact) mass is 252 g/mol. The Kier molecular flexibility index (Phi) is 3.27. The lowest BCUT2D eigenvalue weighted by Crippen LogP contribution is -2.31.